The van der Waals surface area contributed by atoms with Crippen molar-refractivity contribution in [3.05, 3.63) is 47.5 Å². The number of ether oxygens (including phenoxy) is 4. The monoisotopic (exact) mass is 442 g/mol. The number of piperidine rings is 1. The fourth-order valence-corrected chi connectivity index (χ4v) is 4.21. The number of nitrogens with one attached hydrogen (secondary N) is 1. The van der Waals surface area contributed by atoms with Gasteiger partial charge in [-0.2, -0.15) is 0 Å². The maximum atomic E-state index is 13.0. The molecule has 1 N–H and O–H groups in total. The van der Waals surface area contributed by atoms with E-state index < -0.39 is 0 Å². The van der Waals surface area contributed by atoms with Crippen LogP contribution in [0.25, 0.3) is 0 Å². The molecular weight excluding hydrogens is 408 g/mol. The number of methoxy groups -OCH3 is 4. The summed E-state index contributed by atoms with van der Waals surface area (Å²) in [5, 5.41) is 3.07. The summed E-state index contributed by atoms with van der Waals surface area (Å²) in [5.41, 5.74) is 2.15. The predicted molar refractivity (Wildman–Crippen MR) is 124 cm³/mol. The maximum absolute atomic E-state index is 13.0. The summed E-state index contributed by atoms with van der Waals surface area (Å²) in [6.07, 6.45) is 5.01. The first-order chi connectivity index (χ1) is 15.6. The molecule has 7 nitrogen and oxygen atoms in total. The number of aryl methyl sites for hydroxylation is 1. The Bertz CT molecular complexity index is 902. The predicted octanol–water partition coefficient (Wildman–Crippen LogP) is 4.42. The lowest BCUT2D eigenvalue weighted by molar-refractivity contribution is 0.146. The van der Waals surface area contributed by atoms with Gasteiger partial charge in [-0.3, -0.25) is 0 Å². The third-order valence-corrected chi connectivity index (χ3v) is 5.99. The average Bonchev–Trinajstić information content (AvgIpc) is 2.85. The number of rotatable bonds is 9. The molecule has 7 heteroatoms. The third kappa shape index (κ3) is 5.78. The van der Waals surface area contributed by atoms with Crippen molar-refractivity contribution in [2.24, 2.45) is 0 Å². The van der Waals surface area contributed by atoms with Gasteiger partial charge in [0.15, 0.2) is 23.0 Å². The summed E-state index contributed by atoms with van der Waals surface area (Å²) in [5.74, 6) is 2.79. The van der Waals surface area contributed by atoms with E-state index in [9.17, 15) is 4.79 Å². The summed E-state index contributed by atoms with van der Waals surface area (Å²) in [6.45, 7) is 1.23. The van der Waals surface area contributed by atoms with E-state index in [4.69, 9.17) is 18.9 Å². The fourth-order valence-electron chi connectivity index (χ4n) is 4.21. The Labute approximate surface area is 190 Å². The van der Waals surface area contributed by atoms with Gasteiger partial charge < -0.3 is 29.2 Å². The van der Waals surface area contributed by atoms with Gasteiger partial charge in [-0.15, -0.1) is 0 Å². The lowest BCUT2D eigenvalue weighted by Gasteiger charge is -2.36. The van der Waals surface area contributed by atoms with E-state index in [1.54, 1.807) is 28.4 Å². The first-order valence-corrected chi connectivity index (χ1v) is 11.1. The van der Waals surface area contributed by atoms with Crippen molar-refractivity contribution >= 4 is 6.03 Å². The van der Waals surface area contributed by atoms with Crippen molar-refractivity contribution in [1.29, 1.82) is 0 Å². The Balaban J connectivity index is 1.59. The topological polar surface area (TPSA) is 69.3 Å². The molecule has 0 spiro atoms. The van der Waals surface area contributed by atoms with Crippen LogP contribution in [-0.4, -0.2) is 52.0 Å². The molecule has 1 unspecified atom stereocenters. The Morgan fingerprint density at radius 1 is 0.875 bits per heavy atom. The van der Waals surface area contributed by atoms with Gasteiger partial charge in [-0.05, 0) is 67.5 Å². The zero-order chi connectivity index (χ0) is 22.9. The molecule has 0 radical (unpaired) electrons. The molecule has 32 heavy (non-hydrogen) atoms. The van der Waals surface area contributed by atoms with Crippen LogP contribution in [0.2, 0.25) is 0 Å². The zero-order valence-electron chi connectivity index (χ0n) is 19.5. The van der Waals surface area contributed by atoms with Gasteiger partial charge in [-0.25, -0.2) is 4.79 Å². The van der Waals surface area contributed by atoms with Crippen LogP contribution in [-0.2, 0) is 13.0 Å². The van der Waals surface area contributed by atoms with E-state index in [-0.39, 0.29) is 12.1 Å². The van der Waals surface area contributed by atoms with E-state index in [2.05, 4.69) is 11.4 Å². The van der Waals surface area contributed by atoms with Crippen LogP contribution >= 0.6 is 0 Å². The SMILES string of the molecule is COc1ccc(CCC2CCCCN2C(=O)NCc2ccc(OC)c(OC)c2)cc1OC. The van der Waals surface area contributed by atoms with Crippen LogP contribution in [0, 0.1) is 0 Å². The minimum atomic E-state index is -0.0169. The molecule has 2 amide bonds. The lowest BCUT2D eigenvalue weighted by atomic mass is 9.96. The average molecular weight is 443 g/mol. The summed E-state index contributed by atoms with van der Waals surface area (Å²) in [6, 6.07) is 11.9. The van der Waals surface area contributed by atoms with Gasteiger partial charge in [-0.1, -0.05) is 12.1 Å². The number of hydrogen-bond acceptors (Lipinski definition) is 5. The second-order valence-electron chi connectivity index (χ2n) is 7.92. The highest BCUT2D eigenvalue weighted by atomic mass is 16.5. The number of amides is 2. The summed E-state index contributed by atoms with van der Waals surface area (Å²) in [7, 11) is 6.50. The first-order valence-electron chi connectivity index (χ1n) is 11.1. The fraction of sp³-hybridized carbons (Fsp3) is 0.480. The Hall–Kier alpha value is -3.09. The number of hydrogen-bond donors (Lipinski definition) is 1. The summed E-state index contributed by atoms with van der Waals surface area (Å²) in [4.78, 5) is 15.0. The summed E-state index contributed by atoms with van der Waals surface area (Å²) >= 11 is 0. The third-order valence-electron chi connectivity index (χ3n) is 5.99. The molecule has 0 aliphatic carbocycles. The number of urea groups is 1. The smallest absolute Gasteiger partial charge is 0.317 e. The first kappa shape index (κ1) is 23.6. The molecule has 1 saturated heterocycles. The molecule has 0 saturated carbocycles. The van der Waals surface area contributed by atoms with Crippen LogP contribution in [0.3, 0.4) is 0 Å². The number of carbonyl (C=O) groups is 1. The van der Waals surface area contributed by atoms with Gasteiger partial charge in [0.2, 0.25) is 0 Å². The summed E-state index contributed by atoms with van der Waals surface area (Å²) < 4.78 is 21.4. The highest BCUT2D eigenvalue weighted by Gasteiger charge is 2.26. The van der Waals surface area contributed by atoms with Crippen LogP contribution in [0.5, 0.6) is 23.0 Å². The number of benzene rings is 2. The molecule has 0 aromatic heterocycles. The molecule has 1 aliphatic rings. The van der Waals surface area contributed by atoms with Gasteiger partial charge in [0.1, 0.15) is 0 Å². The largest absolute Gasteiger partial charge is 0.493 e. The van der Waals surface area contributed by atoms with Crippen LogP contribution < -0.4 is 24.3 Å². The normalized spacial score (nSPS) is 15.8. The quantitative estimate of drug-likeness (QED) is 0.623. The number of carbonyl (C=O) groups excluding carboxylic acids is 1. The standard InChI is InChI=1S/C25H34N2O5/c1-29-21-12-9-18(15-23(21)31-3)8-11-20-7-5-6-14-27(20)25(28)26-17-19-10-13-22(30-2)24(16-19)32-4/h9-10,12-13,15-16,20H,5-8,11,14,17H2,1-4H3,(H,26,28). The lowest BCUT2D eigenvalue weighted by Crippen LogP contribution is -2.48. The van der Waals surface area contributed by atoms with Crippen molar-refractivity contribution in [3.63, 3.8) is 0 Å². The van der Waals surface area contributed by atoms with Crippen molar-refractivity contribution in [2.45, 2.75) is 44.7 Å². The number of nitrogens with zero attached hydrogens (tertiary/aromatic N) is 1. The van der Waals surface area contributed by atoms with E-state index in [0.717, 1.165) is 55.7 Å². The second-order valence-corrected chi connectivity index (χ2v) is 7.92. The van der Waals surface area contributed by atoms with Crippen molar-refractivity contribution in [1.82, 2.24) is 10.2 Å². The van der Waals surface area contributed by atoms with Crippen LogP contribution in [0.1, 0.15) is 36.8 Å². The molecule has 174 valence electrons. The van der Waals surface area contributed by atoms with E-state index in [0.29, 0.717) is 18.0 Å². The van der Waals surface area contributed by atoms with Gasteiger partial charge in [0.05, 0.1) is 28.4 Å². The molecule has 2 aromatic rings. The van der Waals surface area contributed by atoms with Crippen molar-refractivity contribution in [2.75, 3.05) is 35.0 Å². The minimum Gasteiger partial charge on any atom is -0.493 e. The molecule has 3 rings (SSSR count). The molecule has 1 fully saturated rings. The molecular formula is C25H34N2O5. The molecule has 1 heterocycles. The van der Waals surface area contributed by atoms with E-state index in [1.165, 1.54) is 5.56 Å². The number of likely N-dealkylation sites (tertiary alicyclic amines) is 1. The van der Waals surface area contributed by atoms with E-state index >= 15 is 0 Å². The Morgan fingerprint density at radius 2 is 1.47 bits per heavy atom. The van der Waals surface area contributed by atoms with E-state index in [1.807, 2.05) is 35.2 Å². The highest BCUT2D eigenvalue weighted by Crippen LogP contribution is 2.30. The maximum Gasteiger partial charge on any atom is 0.317 e. The Kier molecular flexibility index (Phi) is 8.48. The van der Waals surface area contributed by atoms with Crippen LogP contribution in [0.15, 0.2) is 36.4 Å². The van der Waals surface area contributed by atoms with Gasteiger partial charge in [0.25, 0.3) is 0 Å². The minimum absolute atomic E-state index is 0.0169. The Morgan fingerprint density at radius 3 is 2.09 bits per heavy atom. The van der Waals surface area contributed by atoms with Gasteiger partial charge in [0, 0.05) is 19.1 Å². The highest BCUT2D eigenvalue weighted by molar-refractivity contribution is 5.74. The molecule has 1 aliphatic heterocycles. The van der Waals surface area contributed by atoms with Gasteiger partial charge >= 0.3 is 6.03 Å². The molecule has 0 bridgehead atoms. The molecule has 2 aromatic carbocycles. The zero-order valence-corrected chi connectivity index (χ0v) is 19.5. The molecule has 1 atom stereocenters. The van der Waals surface area contributed by atoms with Crippen molar-refractivity contribution in [3.8, 4) is 23.0 Å². The van der Waals surface area contributed by atoms with Crippen molar-refractivity contribution < 1.29 is 23.7 Å². The second kappa shape index (κ2) is 11.5. The van der Waals surface area contributed by atoms with Crippen LogP contribution in [0.4, 0.5) is 4.79 Å².